The van der Waals surface area contributed by atoms with E-state index in [9.17, 15) is 14.0 Å². The number of piperazine rings is 1. The van der Waals surface area contributed by atoms with E-state index in [-0.39, 0.29) is 22.5 Å². The van der Waals surface area contributed by atoms with Gasteiger partial charge in [0.15, 0.2) is 5.16 Å². The molecule has 1 saturated heterocycles. The van der Waals surface area contributed by atoms with E-state index in [1.807, 2.05) is 18.7 Å². The van der Waals surface area contributed by atoms with Gasteiger partial charge in [0.25, 0.3) is 5.56 Å². The summed E-state index contributed by atoms with van der Waals surface area (Å²) in [5.41, 5.74) is 1.97. The van der Waals surface area contributed by atoms with Gasteiger partial charge in [-0.2, -0.15) is 0 Å². The Balaban J connectivity index is 1.76. The molecule has 0 bridgehead atoms. The molecule has 1 aliphatic rings. The first-order valence-corrected chi connectivity index (χ1v) is 11.7. The summed E-state index contributed by atoms with van der Waals surface area (Å²) in [6.07, 6.45) is 1.07. The lowest BCUT2D eigenvalue weighted by atomic mass is 10.1. The van der Waals surface area contributed by atoms with Crippen molar-refractivity contribution in [3.8, 4) is 0 Å². The fraction of sp³-hybridized carbons (Fsp3) is 0.522. The highest BCUT2D eigenvalue weighted by Gasteiger charge is 2.28. The normalized spacial score (nSPS) is 15.8. The van der Waals surface area contributed by atoms with Crippen LogP contribution in [-0.4, -0.2) is 63.2 Å². The number of hydrogen-bond acceptors (Lipinski definition) is 5. The van der Waals surface area contributed by atoms with Crippen LogP contribution in [0.1, 0.15) is 37.1 Å². The molecule has 31 heavy (non-hydrogen) atoms. The maximum atomic E-state index is 13.2. The van der Waals surface area contributed by atoms with Crippen molar-refractivity contribution < 1.29 is 9.18 Å². The van der Waals surface area contributed by atoms with Crippen LogP contribution in [-0.2, 0) is 18.3 Å². The number of rotatable bonds is 7. The third-order valence-corrected chi connectivity index (χ3v) is 7.26. The minimum atomic E-state index is -0.301. The number of carbonyl (C=O) groups excluding carboxylic acids is 1. The summed E-state index contributed by atoms with van der Waals surface area (Å²) in [4.78, 5) is 35.0. The average Bonchev–Trinajstić information content (AvgIpc) is 2.79. The highest BCUT2D eigenvalue weighted by Crippen LogP contribution is 2.26. The Kier molecular flexibility index (Phi) is 7.89. The summed E-state index contributed by atoms with van der Waals surface area (Å²) in [5, 5.41) is 0.284. The van der Waals surface area contributed by atoms with Gasteiger partial charge in [-0.1, -0.05) is 37.7 Å². The number of thioether (sulfide) groups is 1. The zero-order valence-electron chi connectivity index (χ0n) is 18.7. The number of carbonyl (C=O) groups is 1. The van der Waals surface area contributed by atoms with Gasteiger partial charge in [-0.15, -0.1) is 0 Å². The number of aromatic nitrogens is 2. The molecule has 3 rings (SSSR count). The maximum Gasteiger partial charge on any atom is 0.257 e. The number of aryl methyl sites for hydroxylation is 1. The van der Waals surface area contributed by atoms with Crippen LogP contribution in [0.15, 0.2) is 34.2 Å². The largest absolute Gasteiger partial charge is 0.339 e. The Labute approximate surface area is 187 Å². The van der Waals surface area contributed by atoms with Crippen LogP contribution in [0.3, 0.4) is 0 Å². The molecular weight excluding hydrogens is 415 g/mol. The lowest BCUT2D eigenvalue weighted by Crippen LogP contribution is -2.50. The van der Waals surface area contributed by atoms with Crippen molar-refractivity contribution in [2.45, 2.75) is 44.0 Å². The topological polar surface area (TPSA) is 58.4 Å². The van der Waals surface area contributed by atoms with Crippen molar-refractivity contribution in [2.24, 2.45) is 7.05 Å². The molecule has 0 saturated carbocycles. The first kappa shape index (κ1) is 23.5. The quantitative estimate of drug-likeness (QED) is 0.484. The second-order valence-corrected chi connectivity index (χ2v) is 9.07. The summed E-state index contributed by atoms with van der Waals surface area (Å²) in [6, 6.07) is 6.15. The molecule has 8 heteroatoms. The van der Waals surface area contributed by atoms with Crippen LogP contribution in [0.2, 0.25) is 0 Å². The lowest BCUT2D eigenvalue weighted by Gasteiger charge is -2.35. The van der Waals surface area contributed by atoms with E-state index in [4.69, 9.17) is 0 Å². The lowest BCUT2D eigenvalue weighted by molar-refractivity contribution is -0.132. The first-order valence-electron chi connectivity index (χ1n) is 10.8. The first-order chi connectivity index (χ1) is 14.8. The van der Waals surface area contributed by atoms with E-state index < -0.39 is 0 Å². The summed E-state index contributed by atoms with van der Waals surface area (Å²) in [7, 11) is 1.70. The van der Waals surface area contributed by atoms with Crippen LogP contribution >= 0.6 is 11.8 Å². The van der Waals surface area contributed by atoms with Crippen molar-refractivity contribution in [2.75, 3.05) is 32.7 Å². The van der Waals surface area contributed by atoms with Crippen LogP contribution < -0.4 is 5.56 Å². The highest BCUT2D eigenvalue weighted by molar-refractivity contribution is 8.00. The monoisotopic (exact) mass is 446 g/mol. The predicted octanol–water partition coefficient (Wildman–Crippen LogP) is 2.85. The van der Waals surface area contributed by atoms with Gasteiger partial charge in [0.2, 0.25) is 5.91 Å². The standard InChI is InChI=1S/C23H31FN4O2S/c1-5-20(22(30)28-13-11-27(6-2)12-14-28)31-23-25-16(3)19(21(29)26(23)4)15-17-7-9-18(24)10-8-17/h7-10,20H,5-6,11-15H2,1-4H3. The third-order valence-electron chi connectivity index (χ3n) is 5.87. The maximum absolute atomic E-state index is 13.2. The SMILES string of the molecule is CCC(Sc1nc(C)c(Cc2ccc(F)cc2)c(=O)n1C)C(=O)N1CCN(CC)CC1. The minimum Gasteiger partial charge on any atom is -0.339 e. The molecule has 1 atom stereocenters. The molecule has 2 aromatic rings. The molecule has 0 N–H and O–H groups in total. The molecule has 0 spiro atoms. The third kappa shape index (κ3) is 5.54. The molecule has 1 amide bonds. The Hall–Kier alpha value is -2.19. The van der Waals surface area contributed by atoms with Gasteiger partial charge in [0.1, 0.15) is 5.82 Å². The van der Waals surface area contributed by atoms with Crippen LogP contribution in [0.4, 0.5) is 4.39 Å². The average molecular weight is 447 g/mol. The number of benzene rings is 1. The van der Waals surface area contributed by atoms with Gasteiger partial charge in [0.05, 0.1) is 5.25 Å². The van der Waals surface area contributed by atoms with Crippen LogP contribution in [0.25, 0.3) is 0 Å². The van der Waals surface area contributed by atoms with Gasteiger partial charge >= 0.3 is 0 Å². The van der Waals surface area contributed by atoms with E-state index >= 15 is 0 Å². The molecule has 1 aromatic heterocycles. The molecule has 0 radical (unpaired) electrons. The Morgan fingerprint density at radius 3 is 2.39 bits per heavy atom. The second kappa shape index (κ2) is 10.4. The Morgan fingerprint density at radius 1 is 1.16 bits per heavy atom. The molecule has 1 aliphatic heterocycles. The van der Waals surface area contributed by atoms with Gasteiger partial charge in [-0.05, 0) is 37.6 Å². The van der Waals surface area contributed by atoms with Crippen molar-refractivity contribution in [3.63, 3.8) is 0 Å². The fourth-order valence-electron chi connectivity index (χ4n) is 3.77. The molecule has 168 valence electrons. The van der Waals surface area contributed by atoms with Crippen molar-refractivity contribution in [1.82, 2.24) is 19.4 Å². The second-order valence-electron chi connectivity index (χ2n) is 7.90. The zero-order chi connectivity index (χ0) is 22.5. The summed E-state index contributed by atoms with van der Waals surface area (Å²) >= 11 is 1.37. The van der Waals surface area contributed by atoms with Gasteiger partial charge in [0, 0.05) is 50.9 Å². The number of likely N-dealkylation sites (N-methyl/N-ethyl adjacent to an activating group) is 1. The van der Waals surface area contributed by atoms with E-state index in [0.717, 1.165) is 38.3 Å². The molecule has 1 unspecified atom stereocenters. The molecule has 1 aromatic carbocycles. The number of halogens is 1. The van der Waals surface area contributed by atoms with Crippen molar-refractivity contribution in [3.05, 3.63) is 57.3 Å². The highest BCUT2D eigenvalue weighted by atomic mass is 32.2. The number of hydrogen-bond donors (Lipinski definition) is 0. The van der Waals surface area contributed by atoms with E-state index in [1.54, 1.807) is 19.2 Å². The van der Waals surface area contributed by atoms with Gasteiger partial charge in [-0.25, -0.2) is 9.37 Å². The van der Waals surface area contributed by atoms with E-state index in [0.29, 0.717) is 29.3 Å². The zero-order valence-corrected chi connectivity index (χ0v) is 19.5. The molecule has 6 nitrogen and oxygen atoms in total. The predicted molar refractivity (Wildman–Crippen MR) is 122 cm³/mol. The Morgan fingerprint density at radius 2 is 1.81 bits per heavy atom. The Bertz CT molecular complexity index is 969. The smallest absolute Gasteiger partial charge is 0.257 e. The van der Waals surface area contributed by atoms with Gasteiger partial charge in [-0.3, -0.25) is 14.2 Å². The number of amides is 1. The summed E-state index contributed by atoms with van der Waals surface area (Å²) < 4.78 is 14.7. The van der Waals surface area contributed by atoms with E-state index in [1.165, 1.54) is 28.5 Å². The number of nitrogens with zero attached hydrogens (tertiary/aromatic N) is 4. The fourth-order valence-corrected chi connectivity index (χ4v) is 4.87. The summed E-state index contributed by atoms with van der Waals surface area (Å²) in [6.45, 7) is 10.2. The molecule has 2 heterocycles. The van der Waals surface area contributed by atoms with Crippen molar-refractivity contribution >= 4 is 17.7 Å². The van der Waals surface area contributed by atoms with E-state index in [2.05, 4.69) is 16.8 Å². The minimum absolute atomic E-state index is 0.116. The molecule has 1 fully saturated rings. The van der Waals surface area contributed by atoms with Crippen LogP contribution in [0, 0.1) is 12.7 Å². The molecular formula is C23H31FN4O2S. The van der Waals surface area contributed by atoms with Crippen molar-refractivity contribution in [1.29, 1.82) is 0 Å². The van der Waals surface area contributed by atoms with Crippen LogP contribution in [0.5, 0.6) is 0 Å². The molecule has 0 aliphatic carbocycles. The summed E-state index contributed by atoms with van der Waals surface area (Å²) in [5.74, 6) is -0.185. The van der Waals surface area contributed by atoms with Gasteiger partial charge < -0.3 is 9.80 Å².